The van der Waals surface area contributed by atoms with Gasteiger partial charge >= 0.3 is 7.60 Å². The van der Waals surface area contributed by atoms with E-state index in [0.29, 0.717) is 0 Å². The normalized spacial score (nSPS) is 11.9. The largest absolute Gasteiger partial charge is 0.368 e. The van der Waals surface area contributed by atoms with Crippen LogP contribution in [0.2, 0.25) is 0 Å². The van der Waals surface area contributed by atoms with Gasteiger partial charge in [0, 0.05) is 36.6 Å². The lowest BCUT2D eigenvalue weighted by molar-refractivity contribution is 0.268. The van der Waals surface area contributed by atoms with Gasteiger partial charge in [0.1, 0.15) is 0 Å². The SMILES string of the molecule is COP(=O)(OC)C(Nc1ccccc1)c1ccccc1C#Cc1ccccc1. The summed E-state index contributed by atoms with van der Waals surface area (Å²) in [5.41, 5.74) is 3.23. The average molecular weight is 391 g/mol. The maximum absolute atomic E-state index is 13.3. The van der Waals surface area contributed by atoms with Crippen LogP contribution in [0.5, 0.6) is 0 Å². The number of nitrogens with one attached hydrogen (secondary N) is 1. The van der Waals surface area contributed by atoms with E-state index in [1.807, 2.05) is 84.9 Å². The highest BCUT2D eigenvalue weighted by atomic mass is 31.2. The first kappa shape index (κ1) is 19.9. The third-order valence-electron chi connectivity index (χ3n) is 4.27. The van der Waals surface area contributed by atoms with Crippen molar-refractivity contribution in [2.45, 2.75) is 5.78 Å². The molecular formula is C23H22NO3P. The minimum Gasteiger partial charge on any atom is -0.368 e. The third-order valence-corrected chi connectivity index (χ3v) is 6.33. The molecule has 0 amide bonds. The lowest BCUT2D eigenvalue weighted by atomic mass is 10.1. The number of benzene rings is 3. The molecule has 0 aliphatic heterocycles. The highest BCUT2D eigenvalue weighted by molar-refractivity contribution is 7.54. The molecule has 0 radical (unpaired) electrons. The number of hydrogen-bond acceptors (Lipinski definition) is 4. The third kappa shape index (κ3) is 4.71. The van der Waals surface area contributed by atoms with Gasteiger partial charge in [-0.3, -0.25) is 4.57 Å². The summed E-state index contributed by atoms with van der Waals surface area (Å²) < 4.78 is 24.0. The van der Waals surface area contributed by atoms with Gasteiger partial charge in [0.2, 0.25) is 0 Å². The smallest absolute Gasteiger partial charge is 0.356 e. The first-order valence-electron chi connectivity index (χ1n) is 8.85. The van der Waals surface area contributed by atoms with E-state index in [0.717, 1.165) is 22.4 Å². The Bertz CT molecular complexity index is 1000. The van der Waals surface area contributed by atoms with Crippen LogP contribution in [-0.4, -0.2) is 14.2 Å². The van der Waals surface area contributed by atoms with Gasteiger partial charge in [0.05, 0.1) is 0 Å². The van der Waals surface area contributed by atoms with Gasteiger partial charge < -0.3 is 14.4 Å². The van der Waals surface area contributed by atoms with Gasteiger partial charge in [-0.15, -0.1) is 0 Å². The highest BCUT2D eigenvalue weighted by Crippen LogP contribution is 2.60. The van der Waals surface area contributed by atoms with Gasteiger partial charge in [-0.1, -0.05) is 66.4 Å². The summed E-state index contributed by atoms with van der Waals surface area (Å²) in [6, 6.07) is 26.9. The van der Waals surface area contributed by atoms with E-state index < -0.39 is 13.4 Å². The Kier molecular flexibility index (Phi) is 6.68. The molecule has 0 spiro atoms. The first-order chi connectivity index (χ1) is 13.7. The van der Waals surface area contributed by atoms with Crippen LogP contribution in [0.3, 0.4) is 0 Å². The van der Waals surface area contributed by atoms with Crippen molar-refractivity contribution in [2.75, 3.05) is 19.5 Å². The van der Waals surface area contributed by atoms with Gasteiger partial charge in [-0.25, -0.2) is 0 Å². The molecule has 3 aromatic rings. The van der Waals surface area contributed by atoms with Crippen LogP contribution in [0.15, 0.2) is 84.9 Å². The molecule has 3 aromatic carbocycles. The summed E-state index contributed by atoms with van der Waals surface area (Å²) in [5, 5.41) is 3.30. The monoisotopic (exact) mass is 391 g/mol. The topological polar surface area (TPSA) is 47.6 Å². The predicted octanol–water partition coefficient (Wildman–Crippen LogP) is 5.68. The van der Waals surface area contributed by atoms with Crippen LogP contribution in [0.25, 0.3) is 0 Å². The molecule has 5 heteroatoms. The molecular weight excluding hydrogens is 369 g/mol. The maximum Gasteiger partial charge on any atom is 0.356 e. The molecule has 4 nitrogen and oxygen atoms in total. The first-order valence-corrected chi connectivity index (χ1v) is 10.5. The fourth-order valence-electron chi connectivity index (χ4n) is 2.82. The fraction of sp³-hybridized carbons (Fsp3) is 0.130. The quantitative estimate of drug-likeness (QED) is 0.434. The van der Waals surface area contributed by atoms with Crippen LogP contribution in [0.4, 0.5) is 5.69 Å². The van der Waals surface area contributed by atoms with Crippen molar-refractivity contribution in [3.63, 3.8) is 0 Å². The molecule has 0 saturated heterocycles. The van der Waals surface area contributed by atoms with Gasteiger partial charge in [-0.05, 0) is 30.3 Å². The Morgan fingerprint density at radius 3 is 2.00 bits per heavy atom. The highest BCUT2D eigenvalue weighted by Gasteiger charge is 2.36. The second-order valence-corrected chi connectivity index (χ2v) is 8.35. The summed E-state index contributed by atoms with van der Waals surface area (Å²) in [6.45, 7) is 0. The van der Waals surface area contributed by atoms with Crippen molar-refractivity contribution in [1.29, 1.82) is 0 Å². The average Bonchev–Trinajstić information content (AvgIpc) is 2.77. The standard InChI is InChI=1S/C23H22NO3P/c1-26-28(25,27-2)23(24-21-14-7-4-8-15-21)22-16-10-9-13-20(22)18-17-19-11-5-3-6-12-19/h3-16,23-24H,1-2H3. The van der Waals surface area contributed by atoms with Crippen LogP contribution < -0.4 is 5.32 Å². The van der Waals surface area contributed by atoms with Crippen molar-refractivity contribution in [2.24, 2.45) is 0 Å². The molecule has 0 aliphatic rings. The van der Waals surface area contributed by atoms with Crippen LogP contribution in [-0.2, 0) is 13.6 Å². The summed E-state index contributed by atoms with van der Waals surface area (Å²) in [7, 11) is -0.698. The zero-order valence-electron chi connectivity index (χ0n) is 15.8. The summed E-state index contributed by atoms with van der Waals surface area (Å²) >= 11 is 0. The molecule has 0 bridgehead atoms. The Morgan fingerprint density at radius 2 is 1.36 bits per heavy atom. The number of hydrogen-bond donors (Lipinski definition) is 1. The maximum atomic E-state index is 13.3. The molecule has 0 fully saturated rings. The Hall–Kier alpha value is -2.83. The molecule has 1 atom stereocenters. The van der Waals surface area contributed by atoms with Crippen molar-refractivity contribution in [3.05, 3.63) is 102 Å². The molecule has 0 saturated carbocycles. The lowest BCUT2D eigenvalue weighted by Gasteiger charge is -2.27. The van der Waals surface area contributed by atoms with E-state index in [9.17, 15) is 4.57 Å². The fourth-order valence-corrected chi connectivity index (χ4v) is 4.26. The molecule has 0 aromatic heterocycles. The van der Waals surface area contributed by atoms with Crippen LogP contribution in [0.1, 0.15) is 22.5 Å². The van der Waals surface area contributed by atoms with Crippen molar-refractivity contribution >= 4 is 13.3 Å². The zero-order chi connectivity index (χ0) is 19.8. The van der Waals surface area contributed by atoms with E-state index >= 15 is 0 Å². The van der Waals surface area contributed by atoms with Crippen LogP contribution in [0, 0.1) is 11.8 Å². The minimum atomic E-state index is -3.48. The zero-order valence-corrected chi connectivity index (χ0v) is 16.7. The molecule has 142 valence electrons. The van der Waals surface area contributed by atoms with Crippen molar-refractivity contribution < 1.29 is 13.6 Å². The van der Waals surface area contributed by atoms with Crippen LogP contribution >= 0.6 is 7.60 Å². The number of para-hydroxylation sites is 1. The predicted molar refractivity (Wildman–Crippen MR) is 113 cm³/mol. The summed E-state index contributed by atoms with van der Waals surface area (Å²) in [6.07, 6.45) is 0. The Morgan fingerprint density at radius 1 is 0.786 bits per heavy atom. The lowest BCUT2D eigenvalue weighted by Crippen LogP contribution is -2.15. The molecule has 0 aliphatic carbocycles. The van der Waals surface area contributed by atoms with E-state index in [2.05, 4.69) is 17.2 Å². The van der Waals surface area contributed by atoms with E-state index in [4.69, 9.17) is 9.05 Å². The number of anilines is 1. The van der Waals surface area contributed by atoms with E-state index in [1.165, 1.54) is 14.2 Å². The van der Waals surface area contributed by atoms with E-state index in [-0.39, 0.29) is 0 Å². The summed E-state index contributed by atoms with van der Waals surface area (Å²) in [4.78, 5) is 0. The second-order valence-electron chi connectivity index (χ2n) is 6.02. The van der Waals surface area contributed by atoms with Crippen molar-refractivity contribution in [3.8, 4) is 11.8 Å². The van der Waals surface area contributed by atoms with Gasteiger partial charge in [0.25, 0.3) is 0 Å². The Labute approximate surface area is 166 Å². The second kappa shape index (κ2) is 9.39. The minimum absolute atomic E-state index is 0.703. The summed E-state index contributed by atoms with van der Waals surface area (Å²) in [5.74, 6) is 5.65. The molecule has 0 heterocycles. The molecule has 1 unspecified atom stereocenters. The van der Waals surface area contributed by atoms with Gasteiger partial charge in [0.15, 0.2) is 5.78 Å². The number of rotatable bonds is 6. The Balaban J connectivity index is 2.05. The molecule has 1 N–H and O–H groups in total. The molecule has 28 heavy (non-hydrogen) atoms. The molecule has 3 rings (SSSR count). The van der Waals surface area contributed by atoms with E-state index in [1.54, 1.807) is 0 Å². The van der Waals surface area contributed by atoms with Crippen molar-refractivity contribution in [1.82, 2.24) is 0 Å². The van der Waals surface area contributed by atoms with Gasteiger partial charge in [-0.2, -0.15) is 0 Å².